The van der Waals surface area contributed by atoms with Crippen LogP contribution in [0.1, 0.15) is 18.5 Å². The molecule has 0 aliphatic rings. The van der Waals surface area contributed by atoms with Crippen LogP contribution in [0.4, 0.5) is 5.69 Å². The van der Waals surface area contributed by atoms with Crippen LogP contribution in [-0.2, 0) is 14.8 Å². The Hall–Kier alpha value is -2.45. The number of sulfonamides is 1. The topological polar surface area (TPSA) is 84.9 Å². The predicted molar refractivity (Wildman–Crippen MR) is 110 cm³/mol. The highest BCUT2D eigenvalue weighted by molar-refractivity contribution is 7.92. The minimum Gasteiger partial charge on any atom is -0.497 e. The van der Waals surface area contributed by atoms with Gasteiger partial charge in [-0.3, -0.25) is 9.10 Å². The van der Waals surface area contributed by atoms with Crippen LogP contribution < -0.4 is 19.1 Å². The maximum absolute atomic E-state index is 12.6. The van der Waals surface area contributed by atoms with E-state index in [1.54, 1.807) is 56.5 Å². The molecule has 0 bridgehead atoms. The van der Waals surface area contributed by atoms with E-state index in [9.17, 15) is 13.2 Å². The zero-order valence-corrected chi connectivity index (χ0v) is 17.7. The normalized spacial score (nSPS) is 12.2. The Kier molecular flexibility index (Phi) is 7.15. The summed E-state index contributed by atoms with van der Waals surface area (Å²) in [5, 5.41) is 3.27. The fourth-order valence-corrected chi connectivity index (χ4v) is 3.66. The molecule has 2 aromatic rings. The number of amides is 1. The lowest BCUT2D eigenvalue weighted by molar-refractivity contribution is -0.120. The molecular formula is C19H23ClN2O5S. The SMILES string of the molecule is COc1ccc(OC)c(C(C)NC(=O)CN(c2ccc(Cl)cc2)S(C)(=O)=O)c1. The summed E-state index contributed by atoms with van der Waals surface area (Å²) >= 11 is 5.86. The molecule has 2 rings (SSSR count). The van der Waals surface area contributed by atoms with Crippen LogP contribution in [0.2, 0.25) is 5.02 Å². The highest BCUT2D eigenvalue weighted by atomic mass is 35.5. The molecule has 1 unspecified atom stereocenters. The number of methoxy groups -OCH3 is 2. The molecular weight excluding hydrogens is 404 g/mol. The van der Waals surface area contributed by atoms with E-state index in [4.69, 9.17) is 21.1 Å². The lowest BCUT2D eigenvalue weighted by Gasteiger charge is -2.24. The number of halogens is 1. The summed E-state index contributed by atoms with van der Waals surface area (Å²) in [6, 6.07) is 11.1. The summed E-state index contributed by atoms with van der Waals surface area (Å²) < 4.78 is 35.9. The lowest BCUT2D eigenvalue weighted by Crippen LogP contribution is -2.41. The van der Waals surface area contributed by atoms with E-state index < -0.39 is 22.0 Å². The molecule has 9 heteroatoms. The van der Waals surface area contributed by atoms with Crippen LogP contribution >= 0.6 is 11.6 Å². The quantitative estimate of drug-likeness (QED) is 0.701. The van der Waals surface area contributed by atoms with Gasteiger partial charge < -0.3 is 14.8 Å². The van der Waals surface area contributed by atoms with Crippen LogP contribution in [0.3, 0.4) is 0 Å². The molecule has 1 N–H and O–H groups in total. The first-order valence-corrected chi connectivity index (χ1v) is 10.6. The number of rotatable bonds is 8. The molecule has 1 atom stereocenters. The van der Waals surface area contributed by atoms with Crippen molar-refractivity contribution in [1.82, 2.24) is 5.32 Å². The Morgan fingerprint density at radius 2 is 1.79 bits per heavy atom. The number of hydrogen-bond acceptors (Lipinski definition) is 5. The number of carbonyl (C=O) groups excluding carboxylic acids is 1. The Labute approximate surface area is 170 Å². The first-order chi connectivity index (χ1) is 13.2. The van der Waals surface area contributed by atoms with Gasteiger partial charge in [-0.25, -0.2) is 8.42 Å². The second-order valence-electron chi connectivity index (χ2n) is 6.14. The summed E-state index contributed by atoms with van der Waals surface area (Å²) in [6.07, 6.45) is 1.05. The number of anilines is 1. The zero-order chi connectivity index (χ0) is 20.9. The summed E-state index contributed by atoms with van der Waals surface area (Å²) in [5.41, 5.74) is 1.07. The number of ether oxygens (including phenoxy) is 2. The molecule has 7 nitrogen and oxygen atoms in total. The standard InChI is InChI=1S/C19H23ClN2O5S/c1-13(17-11-16(26-2)9-10-18(17)27-3)21-19(23)12-22(28(4,24)25)15-7-5-14(20)6-8-15/h5-11,13H,12H2,1-4H3,(H,21,23). The van der Waals surface area contributed by atoms with Crippen molar-refractivity contribution in [2.75, 3.05) is 31.3 Å². The first kappa shape index (κ1) is 21.8. The van der Waals surface area contributed by atoms with Gasteiger partial charge in [-0.05, 0) is 49.4 Å². The third-order valence-corrected chi connectivity index (χ3v) is 5.48. The highest BCUT2D eigenvalue weighted by Gasteiger charge is 2.23. The Balaban J connectivity index is 2.20. The maximum atomic E-state index is 12.6. The number of hydrogen-bond donors (Lipinski definition) is 1. The average Bonchev–Trinajstić information content (AvgIpc) is 2.65. The average molecular weight is 427 g/mol. The van der Waals surface area contributed by atoms with Crippen LogP contribution in [0.15, 0.2) is 42.5 Å². The van der Waals surface area contributed by atoms with Gasteiger partial charge in [0.2, 0.25) is 15.9 Å². The van der Waals surface area contributed by atoms with Gasteiger partial charge >= 0.3 is 0 Å². The number of benzene rings is 2. The van der Waals surface area contributed by atoms with E-state index in [1.807, 2.05) is 0 Å². The molecule has 0 aliphatic heterocycles. The fraction of sp³-hybridized carbons (Fsp3) is 0.316. The van der Waals surface area contributed by atoms with Crippen molar-refractivity contribution in [1.29, 1.82) is 0 Å². The molecule has 0 aliphatic carbocycles. The van der Waals surface area contributed by atoms with Crippen molar-refractivity contribution in [3.63, 3.8) is 0 Å². The van der Waals surface area contributed by atoms with Crippen LogP contribution in [0, 0.1) is 0 Å². The van der Waals surface area contributed by atoms with Gasteiger partial charge in [0.05, 0.1) is 32.2 Å². The molecule has 2 aromatic carbocycles. The highest BCUT2D eigenvalue weighted by Crippen LogP contribution is 2.29. The van der Waals surface area contributed by atoms with Crippen LogP contribution in [0.25, 0.3) is 0 Å². The van der Waals surface area contributed by atoms with Crippen molar-refractivity contribution < 1.29 is 22.7 Å². The van der Waals surface area contributed by atoms with Gasteiger partial charge in [0.15, 0.2) is 0 Å². The Morgan fingerprint density at radius 3 is 2.32 bits per heavy atom. The maximum Gasteiger partial charge on any atom is 0.241 e. The summed E-state index contributed by atoms with van der Waals surface area (Å²) in [7, 11) is -0.585. The molecule has 1 amide bonds. The second-order valence-corrected chi connectivity index (χ2v) is 8.49. The second kappa shape index (κ2) is 9.16. The summed E-state index contributed by atoms with van der Waals surface area (Å²) in [6.45, 7) is 1.42. The van der Waals surface area contributed by atoms with Gasteiger partial charge in [0.25, 0.3) is 0 Å². The molecule has 0 fully saturated rings. The number of carbonyl (C=O) groups is 1. The molecule has 0 saturated carbocycles. The summed E-state index contributed by atoms with van der Waals surface area (Å²) in [4.78, 5) is 12.6. The van der Waals surface area contributed by atoms with E-state index in [0.29, 0.717) is 27.8 Å². The van der Waals surface area contributed by atoms with E-state index in [2.05, 4.69) is 5.32 Å². The van der Waals surface area contributed by atoms with Crippen LogP contribution in [-0.4, -0.2) is 41.3 Å². The molecule has 0 radical (unpaired) electrons. The van der Waals surface area contributed by atoms with E-state index >= 15 is 0 Å². The van der Waals surface area contributed by atoms with Gasteiger partial charge in [0.1, 0.15) is 18.0 Å². The Morgan fingerprint density at radius 1 is 1.14 bits per heavy atom. The smallest absolute Gasteiger partial charge is 0.241 e. The zero-order valence-electron chi connectivity index (χ0n) is 16.1. The van der Waals surface area contributed by atoms with Gasteiger partial charge in [0, 0.05) is 10.6 Å². The van der Waals surface area contributed by atoms with Crippen molar-refractivity contribution in [2.45, 2.75) is 13.0 Å². The largest absolute Gasteiger partial charge is 0.497 e. The monoisotopic (exact) mass is 426 g/mol. The molecule has 28 heavy (non-hydrogen) atoms. The molecule has 0 heterocycles. The first-order valence-electron chi connectivity index (χ1n) is 8.40. The van der Waals surface area contributed by atoms with Crippen molar-refractivity contribution in [3.05, 3.63) is 53.1 Å². The molecule has 152 valence electrons. The van der Waals surface area contributed by atoms with E-state index in [1.165, 1.54) is 7.11 Å². The number of nitrogens with zero attached hydrogens (tertiary/aromatic N) is 1. The summed E-state index contributed by atoms with van der Waals surface area (Å²) in [5.74, 6) is 0.750. The third kappa shape index (κ3) is 5.53. The molecule has 0 saturated heterocycles. The number of nitrogens with one attached hydrogen (secondary N) is 1. The van der Waals surface area contributed by atoms with E-state index in [-0.39, 0.29) is 6.54 Å². The fourth-order valence-electron chi connectivity index (χ4n) is 2.68. The van der Waals surface area contributed by atoms with Crippen LogP contribution in [0.5, 0.6) is 11.5 Å². The van der Waals surface area contributed by atoms with Crippen molar-refractivity contribution in [3.8, 4) is 11.5 Å². The minimum absolute atomic E-state index is 0.355. The molecule has 0 aromatic heterocycles. The van der Waals surface area contributed by atoms with Gasteiger partial charge in [-0.2, -0.15) is 0 Å². The minimum atomic E-state index is -3.67. The van der Waals surface area contributed by atoms with Crippen molar-refractivity contribution >= 4 is 33.2 Å². The Bertz CT molecular complexity index is 932. The third-order valence-electron chi connectivity index (χ3n) is 4.08. The van der Waals surface area contributed by atoms with Crippen molar-refractivity contribution in [2.24, 2.45) is 0 Å². The van der Waals surface area contributed by atoms with Gasteiger partial charge in [-0.1, -0.05) is 11.6 Å². The van der Waals surface area contributed by atoms with Gasteiger partial charge in [-0.15, -0.1) is 0 Å². The predicted octanol–water partition coefficient (Wildman–Crippen LogP) is 3.00. The van der Waals surface area contributed by atoms with E-state index in [0.717, 1.165) is 10.6 Å². The lowest BCUT2D eigenvalue weighted by atomic mass is 10.1. The molecule has 0 spiro atoms.